The second-order valence-corrected chi connectivity index (χ2v) is 1.35. The van der Waals surface area contributed by atoms with E-state index in [0.29, 0.717) is 5.84 Å². The maximum Gasteiger partial charge on any atom is 0.134 e. The van der Waals surface area contributed by atoms with Gasteiger partial charge in [0.05, 0.1) is 0 Å². The van der Waals surface area contributed by atoms with Crippen LogP contribution in [-0.4, -0.2) is 12.9 Å². The van der Waals surface area contributed by atoms with Crippen LogP contribution in [0.15, 0.2) is 29.8 Å². The van der Waals surface area contributed by atoms with Gasteiger partial charge in [0.15, 0.2) is 0 Å². The van der Waals surface area contributed by atoms with E-state index < -0.39 is 0 Å². The highest BCUT2D eigenvalue weighted by Crippen LogP contribution is 1.74. The molecule has 0 amide bonds. The topological polar surface area (TPSA) is 50.4 Å². The van der Waals surface area contributed by atoms with E-state index in [0.717, 1.165) is 0 Å². The summed E-state index contributed by atoms with van der Waals surface area (Å²) in [4.78, 5) is 3.79. The Labute approximate surface area is 54.9 Å². The van der Waals surface area contributed by atoms with E-state index in [4.69, 9.17) is 5.84 Å². The van der Waals surface area contributed by atoms with E-state index in [9.17, 15) is 0 Å². The molecule has 0 rings (SSSR count). The first-order chi connectivity index (χ1) is 4.35. The first kappa shape index (κ1) is 7.91. The molecule has 0 aromatic heterocycles. The largest absolute Gasteiger partial charge is 0.309 e. The summed E-state index contributed by atoms with van der Waals surface area (Å²) >= 11 is 0. The van der Waals surface area contributed by atoms with Gasteiger partial charge in [-0.2, -0.15) is 0 Å². The van der Waals surface area contributed by atoms with Gasteiger partial charge in [-0.05, 0) is 6.08 Å². The zero-order valence-corrected chi connectivity index (χ0v) is 5.46. The minimum Gasteiger partial charge on any atom is -0.309 e. The Hall–Kier alpha value is -1.09. The van der Waals surface area contributed by atoms with Crippen molar-refractivity contribution >= 4 is 5.84 Å². The number of allylic oxidation sites excluding steroid dienone is 2. The molecule has 0 aromatic rings. The monoisotopic (exact) mass is 125 g/mol. The predicted octanol–water partition coefficient (Wildman–Crippen LogP) is 0.220. The Morgan fingerprint density at radius 1 is 1.78 bits per heavy atom. The molecule has 0 bridgehead atoms. The average Bonchev–Trinajstić information content (AvgIpc) is 1.91. The van der Waals surface area contributed by atoms with E-state index in [1.54, 1.807) is 25.3 Å². The van der Waals surface area contributed by atoms with Crippen LogP contribution in [0.2, 0.25) is 0 Å². The summed E-state index contributed by atoms with van der Waals surface area (Å²) in [6.45, 7) is 3.49. The standard InChI is InChI=1S/C6H11N3/c1-3-4-5-6(8-2)9-7/h3-5H,1,7H2,2H3,(H,8,9)/b5-4-. The lowest BCUT2D eigenvalue weighted by atomic mass is 10.4. The van der Waals surface area contributed by atoms with Crippen LogP contribution < -0.4 is 11.3 Å². The first-order valence-electron chi connectivity index (χ1n) is 2.57. The number of amidine groups is 1. The highest BCUT2D eigenvalue weighted by Gasteiger charge is 1.80. The SMILES string of the molecule is C=C/C=C\C(=NC)NN. The number of nitrogens with one attached hydrogen (secondary N) is 1. The maximum atomic E-state index is 5.06. The van der Waals surface area contributed by atoms with Crippen LogP contribution >= 0.6 is 0 Å². The highest BCUT2D eigenvalue weighted by molar-refractivity contribution is 5.92. The molecule has 0 fully saturated rings. The quantitative estimate of drug-likeness (QED) is 0.182. The number of nitrogens with two attached hydrogens (primary N) is 1. The van der Waals surface area contributed by atoms with Crippen molar-refractivity contribution in [3.05, 3.63) is 24.8 Å². The van der Waals surface area contributed by atoms with Crippen LogP contribution in [0.25, 0.3) is 0 Å². The van der Waals surface area contributed by atoms with Crippen molar-refractivity contribution in [3.8, 4) is 0 Å². The molecule has 0 spiro atoms. The zero-order valence-electron chi connectivity index (χ0n) is 5.46. The van der Waals surface area contributed by atoms with Crippen LogP contribution in [0.3, 0.4) is 0 Å². The predicted molar refractivity (Wildman–Crippen MR) is 40.0 cm³/mol. The van der Waals surface area contributed by atoms with E-state index in [-0.39, 0.29) is 0 Å². The maximum absolute atomic E-state index is 5.06. The number of aliphatic imine (C=N–C) groups is 1. The summed E-state index contributed by atoms with van der Waals surface area (Å²) in [6, 6.07) is 0. The van der Waals surface area contributed by atoms with Gasteiger partial charge in [0.2, 0.25) is 0 Å². The molecule has 0 aromatic carbocycles. The van der Waals surface area contributed by atoms with Crippen LogP contribution in [0.5, 0.6) is 0 Å². The Morgan fingerprint density at radius 3 is 2.78 bits per heavy atom. The van der Waals surface area contributed by atoms with Crippen LogP contribution in [0.4, 0.5) is 0 Å². The Balaban J connectivity index is 3.84. The molecule has 0 aliphatic carbocycles. The molecular weight excluding hydrogens is 114 g/mol. The molecule has 50 valence electrons. The third-order valence-corrected chi connectivity index (χ3v) is 0.779. The van der Waals surface area contributed by atoms with E-state index in [2.05, 4.69) is 17.0 Å². The third kappa shape index (κ3) is 3.49. The number of hydrogen-bond acceptors (Lipinski definition) is 2. The number of hydrogen-bond donors (Lipinski definition) is 2. The minimum absolute atomic E-state index is 0.634. The second-order valence-electron chi connectivity index (χ2n) is 1.35. The first-order valence-corrected chi connectivity index (χ1v) is 2.57. The summed E-state index contributed by atoms with van der Waals surface area (Å²) in [7, 11) is 1.66. The number of nitrogens with zero attached hydrogens (tertiary/aromatic N) is 1. The van der Waals surface area contributed by atoms with Crippen molar-refractivity contribution in [3.63, 3.8) is 0 Å². The van der Waals surface area contributed by atoms with Gasteiger partial charge in [0, 0.05) is 7.05 Å². The average molecular weight is 125 g/mol. The minimum atomic E-state index is 0.634. The highest BCUT2D eigenvalue weighted by atomic mass is 15.2. The van der Waals surface area contributed by atoms with E-state index in [1.165, 1.54) is 0 Å². The Bertz CT molecular complexity index is 135. The summed E-state index contributed by atoms with van der Waals surface area (Å²) in [5.41, 5.74) is 2.40. The summed E-state index contributed by atoms with van der Waals surface area (Å²) in [5.74, 6) is 5.69. The molecule has 3 heteroatoms. The number of rotatable bonds is 2. The molecule has 9 heavy (non-hydrogen) atoms. The van der Waals surface area contributed by atoms with Gasteiger partial charge in [-0.25, -0.2) is 5.84 Å². The van der Waals surface area contributed by atoms with Crippen LogP contribution in [-0.2, 0) is 0 Å². The molecule has 0 aliphatic rings. The van der Waals surface area contributed by atoms with Crippen molar-refractivity contribution < 1.29 is 0 Å². The molecule has 0 radical (unpaired) electrons. The van der Waals surface area contributed by atoms with Gasteiger partial charge in [-0.15, -0.1) is 0 Å². The van der Waals surface area contributed by atoms with E-state index >= 15 is 0 Å². The van der Waals surface area contributed by atoms with Crippen molar-refractivity contribution in [2.75, 3.05) is 7.05 Å². The Kier molecular flexibility index (Phi) is 4.44. The molecule has 0 unspecified atom stereocenters. The second kappa shape index (κ2) is 5.05. The fourth-order valence-corrected chi connectivity index (χ4v) is 0.346. The summed E-state index contributed by atoms with van der Waals surface area (Å²) in [6.07, 6.45) is 5.14. The fraction of sp³-hybridized carbons (Fsp3) is 0.167. The lowest BCUT2D eigenvalue weighted by Crippen LogP contribution is -2.28. The zero-order chi connectivity index (χ0) is 7.11. The molecule has 0 atom stereocenters. The van der Waals surface area contributed by atoms with Crippen molar-refractivity contribution in [1.29, 1.82) is 0 Å². The van der Waals surface area contributed by atoms with Crippen molar-refractivity contribution in [2.45, 2.75) is 0 Å². The van der Waals surface area contributed by atoms with Crippen LogP contribution in [0, 0.1) is 0 Å². The molecule has 0 saturated heterocycles. The number of hydrazine groups is 1. The summed E-state index contributed by atoms with van der Waals surface area (Å²) < 4.78 is 0. The smallest absolute Gasteiger partial charge is 0.134 e. The molecule has 0 aliphatic heterocycles. The van der Waals surface area contributed by atoms with Gasteiger partial charge in [0.1, 0.15) is 5.84 Å². The van der Waals surface area contributed by atoms with Crippen LogP contribution in [0.1, 0.15) is 0 Å². The van der Waals surface area contributed by atoms with Gasteiger partial charge in [-0.1, -0.05) is 18.7 Å². The van der Waals surface area contributed by atoms with Gasteiger partial charge >= 0.3 is 0 Å². The lowest BCUT2D eigenvalue weighted by Gasteiger charge is -1.93. The third-order valence-electron chi connectivity index (χ3n) is 0.779. The molecule has 3 N–H and O–H groups in total. The lowest BCUT2D eigenvalue weighted by molar-refractivity contribution is 1.02. The van der Waals surface area contributed by atoms with Gasteiger partial charge in [-0.3, -0.25) is 4.99 Å². The normalized spacial score (nSPS) is 12.0. The molecule has 0 saturated carbocycles. The molecular formula is C6H11N3. The summed E-state index contributed by atoms with van der Waals surface area (Å²) in [5, 5.41) is 0. The molecule has 0 heterocycles. The van der Waals surface area contributed by atoms with Crippen molar-refractivity contribution in [2.24, 2.45) is 10.8 Å². The van der Waals surface area contributed by atoms with Gasteiger partial charge in [0.25, 0.3) is 0 Å². The molecule has 3 nitrogen and oxygen atoms in total. The van der Waals surface area contributed by atoms with Crippen molar-refractivity contribution in [1.82, 2.24) is 5.43 Å². The Morgan fingerprint density at radius 2 is 2.44 bits per heavy atom. The van der Waals surface area contributed by atoms with E-state index in [1.807, 2.05) is 0 Å². The van der Waals surface area contributed by atoms with Gasteiger partial charge < -0.3 is 5.43 Å². The fourth-order valence-electron chi connectivity index (χ4n) is 0.346.